The molecule has 5 heteroatoms. The van der Waals surface area contributed by atoms with E-state index in [0.717, 1.165) is 11.3 Å². The molecule has 1 saturated heterocycles. The molecule has 21 heavy (non-hydrogen) atoms. The second-order valence-corrected chi connectivity index (χ2v) is 5.01. The lowest BCUT2D eigenvalue weighted by molar-refractivity contribution is -0.134. The molecule has 0 bridgehead atoms. The Bertz CT molecular complexity index is 508. The molecule has 0 N–H and O–H groups in total. The number of hydrogen-bond donors (Lipinski definition) is 0. The third kappa shape index (κ3) is 4.31. The summed E-state index contributed by atoms with van der Waals surface area (Å²) in [6.45, 7) is 2.91. The van der Waals surface area contributed by atoms with Crippen molar-refractivity contribution in [3.63, 3.8) is 0 Å². The Hall–Kier alpha value is -1.85. The summed E-state index contributed by atoms with van der Waals surface area (Å²) in [6.07, 6.45) is 3.06. The number of methoxy groups -OCH3 is 2. The van der Waals surface area contributed by atoms with Crippen molar-refractivity contribution in [3.8, 4) is 5.75 Å². The highest BCUT2D eigenvalue weighted by Gasteiger charge is 2.50. The average Bonchev–Trinajstić information content (AvgIpc) is 3.16. The summed E-state index contributed by atoms with van der Waals surface area (Å²) in [5, 5.41) is 0. The van der Waals surface area contributed by atoms with E-state index in [-0.39, 0.29) is 12.1 Å². The van der Waals surface area contributed by atoms with Crippen molar-refractivity contribution in [2.45, 2.75) is 25.2 Å². The van der Waals surface area contributed by atoms with E-state index in [1.165, 1.54) is 13.2 Å². The Morgan fingerprint density at radius 1 is 1.33 bits per heavy atom. The second-order valence-electron chi connectivity index (χ2n) is 5.01. The average molecular weight is 292 g/mol. The van der Waals surface area contributed by atoms with Crippen LogP contribution in [0.4, 0.5) is 0 Å². The van der Waals surface area contributed by atoms with Gasteiger partial charge in [-0.15, -0.1) is 0 Å². The van der Waals surface area contributed by atoms with Gasteiger partial charge < -0.3 is 18.9 Å². The van der Waals surface area contributed by atoms with Crippen molar-refractivity contribution < 1.29 is 23.7 Å². The predicted octanol–water partition coefficient (Wildman–Crippen LogP) is 2.10. The van der Waals surface area contributed by atoms with Crippen molar-refractivity contribution in [3.05, 3.63) is 42.0 Å². The monoisotopic (exact) mass is 292 g/mol. The standard InChI is InChI=1S/C16H20O5/c1-16(9-8-15(17)19-3)14(21-16)11-20-10-12-4-6-13(18-2)7-5-12/h4-9,14H,10-11H2,1-3H3/b9-8-/t14-,16-/m0/s1. The third-order valence-electron chi connectivity index (χ3n) is 3.43. The highest BCUT2D eigenvalue weighted by molar-refractivity contribution is 5.82. The summed E-state index contributed by atoms with van der Waals surface area (Å²) in [7, 11) is 2.98. The molecule has 0 spiro atoms. The summed E-state index contributed by atoms with van der Waals surface area (Å²) in [6, 6.07) is 7.72. The van der Waals surface area contributed by atoms with Crippen LogP contribution in [0.1, 0.15) is 12.5 Å². The van der Waals surface area contributed by atoms with Crippen LogP contribution in [0.3, 0.4) is 0 Å². The van der Waals surface area contributed by atoms with Gasteiger partial charge in [-0.1, -0.05) is 12.1 Å². The topological polar surface area (TPSA) is 57.3 Å². The number of hydrogen-bond acceptors (Lipinski definition) is 5. The third-order valence-corrected chi connectivity index (χ3v) is 3.43. The van der Waals surface area contributed by atoms with Crippen molar-refractivity contribution >= 4 is 5.97 Å². The van der Waals surface area contributed by atoms with E-state index in [0.29, 0.717) is 13.2 Å². The SMILES string of the molecule is COC(=O)/C=C\[C@]1(C)O[C@H]1COCc1ccc(OC)cc1. The Morgan fingerprint density at radius 2 is 2.05 bits per heavy atom. The van der Waals surface area contributed by atoms with Crippen molar-refractivity contribution in [1.29, 1.82) is 0 Å². The fourth-order valence-corrected chi connectivity index (χ4v) is 1.93. The minimum Gasteiger partial charge on any atom is -0.497 e. The highest BCUT2D eigenvalue weighted by Crippen LogP contribution is 2.37. The van der Waals surface area contributed by atoms with Gasteiger partial charge >= 0.3 is 5.97 Å². The van der Waals surface area contributed by atoms with Gasteiger partial charge in [-0.2, -0.15) is 0 Å². The zero-order valence-electron chi connectivity index (χ0n) is 12.5. The summed E-state index contributed by atoms with van der Waals surface area (Å²) >= 11 is 0. The fourth-order valence-electron chi connectivity index (χ4n) is 1.93. The Kier molecular flexibility index (Phi) is 4.98. The van der Waals surface area contributed by atoms with E-state index in [4.69, 9.17) is 14.2 Å². The second kappa shape index (κ2) is 6.74. The van der Waals surface area contributed by atoms with Crippen molar-refractivity contribution in [1.82, 2.24) is 0 Å². The summed E-state index contributed by atoms with van der Waals surface area (Å²) < 4.78 is 20.8. The lowest BCUT2D eigenvalue weighted by atomic mass is 10.1. The molecule has 1 fully saturated rings. The minimum atomic E-state index is -0.436. The first-order valence-corrected chi connectivity index (χ1v) is 6.73. The predicted molar refractivity (Wildman–Crippen MR) is 77.1 cm³/mol. The van der Waals surface area contributed by atoms with Crippen molar-refractivity contribution in [2.24, 2.45) is 0 Å². The maximum Gasteiger partial charge on any atom is 0.330 e. The van der Waals surface area contributed by atoms with Crippen LogP contribution in [0.2, 0.25) is 0 Å². The van der Waals surface area contributed by atoms with Gasteiger partial charge in [0.15, 0.2) is 0 Å². The molecule has 1 aliphatic heterocycles. The summed E-state index contributed by atoms with van der Waals surface area (Å²) in [5.74, 6) is 0.439. The number of benzene rings is 1. The van der Waals surface area contributed by atoms with E-state index < -0.39 is 5.60 Å². The molecule has 1 heterocycles. The van der Waals surface area contributed by atoms with Crippen LogP contribution < -0.4 is 4.74 Å². The number of rotatable bonds is 7. The highest BCUT2D eigenvalue weighted by atomic mass is 16.6. The van der Waals surface area contributed by atoms with Crippen LogP contribution in [-0.2, 0) is 25.6 Å². The molecule has 0 unspecified atom stereocenters. The van der Waals surface area contributed by atoms with Gasteiger partial charge in [-0.05, 0) is 30.7 Å². The maximum atomic E-state index is 11.0. The van der Waals surface area contributed by atoms with E-state index >= 15 is 0 Å². The molecule has 114 valence electrons. The Balaban J connectivity index is 1.72. The summed E-state index contributed by atoms with van der Waals surface area (Å²) in [4.78, 5) is 11.0. The number of carbonyl (C=O) groups is 1. The number of esters is 1. The number of carbonyl (C=O) groups excluding carboxylic acids is 1. The first-order valence-electron chi connectivity index (χ1n) is 6.73. The van der Waals surface area contributed by atoms with Crippen molar-refractivity contribution in [2.75, 3.05) is 20.8 Å². The van der Waals surface area contributed by atoms with Crippen LogP contribution >= 0.6 is 0 Å². The zero-order chi connectivity index (χ0) is 15.3. The van der Waals surface area contributed by atoms with Gasteiger partial charge in [0, 0.05) is 6.08 Å². The molecule has 0 aliphatic carbocycles. The van der Waals surface area contributed by atoms with Crippen LogP contribution in [0.15, 0.2) is 36.4 Å². The molecular weight excluding hydrogens is 272 g/mol. The van der Waals surface area contributed by atoms with Crippen LogP contribution in [0.5, 0.6) is 5.75 Å². The normalized spacial score (nSPS) is 24.0. The molecule has 5 nitrogen and oxygen atoms in total. The molecule has 0 radical (unpaired) electrons. The molecular formula is C16H20O5. The van der Waals surface area contributed by atoms with Crippen LogP contribution in [0, 0.1) is 0 Å². The molecule has 1 aromatic rings. The van der Waals surface area contributed by atoms with E-state index in [1.807, 2.05) is 31.2 Å². The Labute approximate surface area is 124 Å². The van der Waals surface area contributed by atoms with Gasteiger partial charge in [-0.3, -0.25) is 0 Å². The molecule has 2 atom stereocenters. The van der Waals surface area contributed by atoms with E-state index in [9.17, 15) is 4.79 Å². The smallest absolute Gasteiger partial charge is 0.330 e. The van der Waals surface area contributed by atoms with E-state index in [2.05, 4.69) is 4.74 Å². The Morgan fingerprint density at radius 3 is 2.67 bits per heavy atom. The molecule has 1 aromatic carbocycles. The lowest BCUT2D eigenvalue weighted by Gasteiger charge is -2.05. The lowest BCUT2D eigenvalue weighted by Crippen LogP contribution is -2.12. The molecule has 0 amide bonds. The van der Waals surface area contributed by atoms with Crippen LogP contribution in [-0.4, -0.2) is 38.5 Å². The molecule has 0 aromatic heterocycles. The largest absolute Gasteiger partial charge is 0.497 e. The molecule has 0 saturated carbocycles. The van der Waals surface area contributed by atoms with Gasteiger partial charge in [0.25, 0.3) is 0 Å². The fraction of sp³-hybridized carbons (Fsp3) is 0.438. The van der Waals surface area contributed by atoms with E-state index in [1.54, 1.807) is 13.2 Å². The van der Waals surface area contributed by atoms with Gasteiger partial charge in [0.2, 0.25) is 0 Å². The minimum absolute atomic E-state index is 0.0309. The quantitative estimate of drug-likeness (QED) is 0.437. The number of ether oxygens (including phenoxy) is 4. The molecule has 2 rings (SSSR count). The first kappa shape index (κ1) is 15.5. The number of epoxide rings is 1. The maximum absolute atomic E-state index is 11.0. The summed E-state index contributed by atoms with van der Waals surface area (Å²) in [5.41, 5.74) is 0.636. The van der Waals surface area contributed by atoms with Gasteiger partial charge in [0.05, 0.1) is 27.4 Å². The zero-order valence-corrected chi connectivity index (χ0v) is 12.5. The van der Waals surface area contributed by atoms with Gasteiger partial charge in [-0.25, -0.2) is 4.79 Å². The first-order chi connectivity index (χ1) is 10.1. The van der Waals surface area contributed by atoms with Gasteiger partial charge in [0.1, 0.15) is 17.5 Å². The molecule has 1 aliphatic rings. The van der Waals surface area contributed by atoms with Crippen LogP contribution in [0.25, 0.3) is 0 Å².